The maximum absolute atomic E-state index is 14.0. The van der Waals surface area contributed by atoms with Gasteiger partial charge in [0.25, 0.3) is 0 Å². The van der Waals surface area contributed by atoms with Gasteiger partial charge in [-0.2, -0.15) is 39.5 Å². The lowest BCUT2D eigenvalue weighted by Gasteiger charge is -2.44. The fourth-order valence-electron chi connectivity index (χ4n) is 6.32. The van der Waals surface area contributed by atoms with Crippen LogP contribution in [-0.4, -0.2) is 74.1 Å². The van der Waals surface area contributed by atoms with Gasteiger partial charge in [-0.05, 0) is 53.9 Å². The van der Waals surface area contributed by atoms with Crippen LogP contribution in [0, 0.1) is 0 Å². The first-order chi connectivity index (χ1) is 24.3. The van der Waals surface area contributed by atoms with Gasteiger partial charge in [-0.25, -0.2) is 19.6 Å². The number of ether oxygens (including phenoxy) is 3. The molecular weight excluding hydrogens is 717 g/mol. The highest BCUT2D eigenvalue weighted by molar-refractivity contribution is 5.92. The fraction of sp³-hybridized carbons (Fsp3) is 0.455. The Morgan fingerprint density at radius 2 is 1.52 bits per heavy atom. The van der Waals surface area contributed by atoms with Crippen LogP contribution in [0.2, 0.25) is 0 Å². The summed E-state index contributed by atoms with van der Waals surface area (Å²) < 4.78 is 140. The molecule has 2 N–H and O–H groups in total. The number of nitrogens with zero attached hydrogens (tertiary/aromatic N) is 4. The highest BCUT2D eigenvalue weighted by atomic mass is 19.4. The van der Waals surface area contributed by atoms with Crippen LogP contribution >= 0.6 is 0 Å². The molecule has 2 aromatic carbocycles. The summed E-state index contributed by atoms with van der Waals surface area (Å²) in [5.41, 5.74) is 2.12. The summed E-state index contributed by atoms with van der Waals surface area (Å²) in [5, 5.41) is 0. The van der Waals surface area contributed by atoms with Gasteiger partial charge >= 0.3 is 30.6 Å². The number of methoxy groups -OCH3 is 1. The molecule has 1 aromatic heterocycles. The molecule has 0 spiro atoms. The summed E-state index contributed by atoms with van der Waals surface area (Å²) in [6.45, 7) is 1.85. The van der Waals surface area contributed by atoms with Crippen molar-refractivity contribution in [3.63, 3.8) is 0 Å². The van der Waals surface area contributed by atoms with E-state index in [0.717, 1.165) is 30.2 Å². The summed E-state index contributed by atoms with van der Waals surface area (Å²) >= 11 is 0. The Balaban J connectivity index is 1.68. The smallest absolute Gasteiger partial charge is 0.416 e. The predicted molar refractivity (Wildman–Crippen MR) is 166 cm³/mol. The SMILES string of the molecule is CCC1C(N)C(c2ncc(N3CCOCC3)c(Cc3cc(C(F)(F)F)cc(C(F)(F)F)c3)n2)c2cc(C(F)(F)F)ccc2N1C(=O)OCC(=O)OC. The minimum absolute atomic E-state index is 0.000828. The molecule has 1 amide bonds. The van der Waals surface area contributed by atoms with Crippen molar-refractivity contribution in [1.82, 2.24) is 9.97 Å². The number of alkyl halides is 9. The Bertz CT molecular complexity index is 1760. The van der Waals surface area contributed by atoms with E-state index >= 15 is 0 Å². The van der Waals surface area contributed by atoms with Crippen molar-refractivity contribution in [2.75, 3.05) is 49.8 Å². The van der Waals surface area contributed by atoms with Gasteiger partial charge in [0.05, 0.1) is 72.2 Å². The third-order valence-corrected chi connectivity index (χ3v) is 8.78. The molecule has 282 valence electrons. The van der Waals surface area contributed by atoms with E-state index in [-0.39, 0.29) is 72.8 Å². The number of fused-ring (bicyclic) bond motifs is 1. The number of carbonyl (C=O) groups is 2. The number of esters is 1. The molecule has 3 unspecified atom stereocenters. The second kappa shape index (κ2) is 14.8. The molecule has 1 saturated heterocycles. The number of nitrogens with two attached hydrogens (primary N) is 1. The quantitative estimate of drug-likeness (QED) is 0.219. The van der Waals surface area contributed by atoms with E-state index in [1.165, 1.54) is 6.20 Å². The average molecular weight is 750 g/mol. The minimum Gasteiger partial charge on any atom is -0.466 e. The van der Waals surface area contributed by atoms with Crippen molar-refractivity contribution in [2.24, 2.45) is 5.73 Å². The molecule has 0 bridgehead atoms. The molecule has 0 aliphatic carbocycles. The molecule has 0 radical (unpaired) electrons. The summed E-state index contributed by atoms with van der Waals surface area (Å²) in [4.78, 5) is 36.8. The van der Waals surface area contributed by atoms with Crippen molar-refractivity contribution in [1.29, 1.82) is 0 Å². The second-order valence-electron chi connectivity index (χ2n) is 12.1. The molecule has 1 fully saturated rings. The number of halogens is 9. The fourth-order valence-corrected chi connectivity index (χ4v) is 6.32. The molecule has 19 heteroatoms. The largest absolute Gasteiger partial charge is 0.466 e. The van der Waals surface area contributed by atoms with Crippen LogP contribution in [0.15, 0.2) is 42.6 Å². The predicted octanol–water partition coefficient (Wildman–Crippen LogP) is 6.33. The van der Waals surface area contributed by atoms with Gasteiger partial charge in [0.15, 0.2) is 6.61 Å². The molecule has 0 saturated carbocycles. The number of amides is 1. The minimum atomic E-state index is -5.12. The number of anilines is 2. The second-order valence-corrected chi connectivity index (χ2v) is 12.1. The molecule has 52 heavy (non-hydrogen) atoms. The van der Waals surface area contributed by atoms with E-state index in [1.54, 1.807) is 11.8 Å². The number of benzene rings is 2. The van der Waals surface area contributed by atoms with E-state index in [9.17, 15) is 49.1 Å². The molecular formula is C33H32F9N5O5. The number of hydrogen-bond acceptors (Lipinski definition) is 9. The van der Waals surface area contributed by atoms with Crippen LogP contribution in [0.3, 0.4) is 0 Å². The molecule has 5 rings (SSSR count). The maximum atomic E-state index is 14.0. The first kappa shape index (κ1) is 38.6. The van der Waals surface area contributed by atoms with Crippen LogP contribution in [0.4, 0.5) is 55.7 Å². The zero-order chi connectivity index (χ0) is 38.2. The summed E-state index contributed by atoms with van der Waals surface area (Å²) in [7, 11) is 1.06. The molecule has 2 aliphatic rings. The van der Waals surface area contributed by atoms with E-state index in [0.29, 0.717) is 12.1 Å². The number of aromatic nitrogens is 2. The number of hydrogen-bond donors (Lipinski definition) is 1. The van der Waals surface area contributed by atoms with Crippen LogP contribution in [0.25, 0.3) is 0 Å². The highest BCUT2D eigenvalue weighted by Crippen LogP contribution is 2.45. The monoisotopic (exact) mass is 749 g/mol. The zero-order valence-electron chi connectivity index (χ0n) is 27.5. The third kappa shape index (κ3) is 8.19. The zero-order valence-corrected chi connectivity index (χ0v) is 27.5. The van der Waals surface area contributed by atoms with Gasteiger partial charge < -0.3 is 24.8 Å². The lowest BCUT2D eigenvalue weighted by Crippen LogP contribution is -2.57. The Labute approximate surface area is 290 Å². The third-order valence-electron chi connectivity index (χ3n) is 8.78. The Hall–Kier alpha value is -4.65. The van der Waals surface area contributed by atoms with Crippen molar-refractivity contribution >= 4 is 23.4 Å². The van der Waals surface area contributed by atoms with Gasteiger partial charge in [0.1, 0.15) is 5.82 Å². The topological polar surface area (TPSA) is 120 Å². The molecule has 10 nitrogen and oxygen atoms in total. The van der Waals surface area contributed by atoms with E-state index in [4.69, 9.17) is 15.2 Å². The van der Waals surface area contributed by atoms with Gasteiger partial charge in [0, 0.05) is 25.6 Å². The van der Waals surface area contributed by atoms with E-state index in [1.807, 2.05) is 0 Å². The van der Waals surface area contributed by atoms with Crippen LogP contribution in [-0.2, 0) is 44.0 Å². The Morgan fingerprint density at radius 3 is 2.08 bits per heavy atom. The number of morpholine rings is 1. The normalized spacial score (nSPS) is 19.7. The average Bonchev–Trinajstić information content (AvgIpc) is 3.08. The first-order valence-corrected chi connectivity index (χ1v) is 15.8. The van der Waals surface area contributed by atoms with Crippen molar-refractivity contribution < 1.29 is 63.3 Å². The number of rotatable bonds is 7. The van der Waals surface area contributed by atoms with Crippen molar-refractivity contribution in [2.45, 2.75) is 56.3 Å². The molecule has 3 atom stereocenters. The van der Waals surface area contributed by atoms with Crippen LogP contribution in [0.5, 0.6) is 0 Å². The van der Waals surface area contributed by atoms with Gasteiger partial charge in [-0.3, -0.25) is 4.90 Å². The standard InChI is InChI=1S/C33H32F9N5O5/c1-3-23-28(43)27(21-14-18(31(34,35)36)4-5-24(21)47(23)30(49)52-16-26(48)50-2)29-44-15-25(46-6-8-51-9-7-46)22(45-29)12-17-10-19(32(37,38)39)13-20(11-17)33(40,41)42/h4-5,10-11,13-15,23,27-28H,3,6-9,12,16,43H2,1-2H3. The van der Waals surface area contributed by atoms with Gasteiger partial charge in [0.2, 0.25) is 0 Å². The molecule has 3 aromatic rings. The van der Waals surface area contributed by atoms with Gasteiger partial charge in [-0.1, -0.05) is 6.92 Å². The van der Waals surface area contributed by atoms with Crippen molar-refractivity contribution in [3.05, 3.63) is 81.9 Å². The highest BCUT2D eigenvalue weighted by Gasteiger charge is 2.46. The van der Waals surface area contributed by atoms with Gasteiger partial charge in [-0.15, -0.1) is 0 Å². The Morgan fingerprint density at radius 1 is 0.904 bits per heavy atom. The summed E-state index contributed by atoms with van der Waals surface area (Å²) in [5.74, 6) is -2.36. The maximum Gasteiger partial charge on any atom is 0.416 e. The Kier molecular flexibility index (Phi) is 11.0. The molecule has 2 aliphatic heterocycles. The summed E-state index contributed by atoms with van der Waals surface area (Å²) in [6.07, 6.45) is -15.3. The van der Waals surface area contributed by atoms with E-state index < -0.39 is 78.3 Å². The lowest BCUT2D eigenvalue weighted by atomic mass is 9.79. The number of carbonyl (C=O) groups excluding carboxylic acids is 2. The van der Waals surface area contributed by atoms with Crippen LogP contribution < -0.4 is 15.5 Å². The first-order valence-electron chi connectivity index (χ1n) is 15.8. The summed E-state index contributed by atoms with van der Waals surface area (Å²) in [6, 6.07) is 1.48. The lowest BCUT2D eigenvalue weighted by molar-refractivity contribution is -0.144. The van der Waals surface area contributed by atoms with E-state index in [2.05, 4.69) is 14.7 Å². The van der Waals surface area contributed by atoms with Crippen LogP contribution in [0.1, 0.15) is 58.6 Å². The molecule has 3 heterocycles. The van der Waals surface area contributed by atoms with Crippen molar-refractivity contribution in [3.8, 4) is 0 Å².